The molecule has 4 nitrogen and oxygen atoms in total. The number of nitrogens with zero attached hydrogens (tertiary/aromatic N) is 4. The predicted octanol–water partition coefficient (Wildman–Crippen LogP) is 1.66. The first kappa shape index (κ1) is 11.1. The van der Waals surface area contributed by atoms with E-state index in [-0.39, 0.29) is 0 Å². The van der Waals surface area contributed by atoms with Crippen molar-refractivity contribution in [2.75, 3.05) is 13.1 Å². The molecule has 1 unspecified atom stereocenters. The summed E-state index contributed by atoms with van der Waals surface area (Å²) in [4.78, 5) is 7.39. The molecule has 0 radical (unpaired) electrons. The summed E-state index contributed by atoms with van der Waals surface area (Å²) < 4.78 is 1.97. The standard InChI is InChI=1S/C10H17BrN4/c1-2-15-10(12-8-13-15)7-14-5-3-4-9(11)6-14/h8-9H,2-7H2,1H3. The molecular weight excluding hydrogens is 256 g/mol. The molecule has 84 valence electrons. The monoisotopic (exact) mass is 272 g/mol. The second-order valence-corrected chi connectivity index (χ2v) is 5.26. The van der Waals surface area contributed by atoms with E-state index in [9.17, 15) is 0 Å². The average molecular weight is 273 g/mol. The first-order chi connectivity index (χ1) is 7.29. The van der Waals surface area contributed by atoms with Crippen molar-refractivity contribution in [3.8, 4) is 0 Å². The van der Waals surface area contributed by atoms with Gasteiger partial charge in [-0.15, -0.1) is 0 Å². The highest BCUT2D eigenvalue weighted by Gasteiger charge is 2.18. The van der Waals surface area contributed by atoms with Crippen LogP contribution in [-0.4, -0.2) is 37.6 Å². The zero-order valence-electron chi connectivity index (χ0n) is 9.06. The second kappa shape index (κ2) is 5.07. The molecule has 0 spiro atoms. The van der Waals surface area contributed by atoms with Crippen LogP contribution in [-0.2, 0) is 13.1 Å². The van der Waals surface area contributed by atoms with Gasteiger partial charge in [0.15, 0.2) is 0 Å². The Morgan fingerprint density at radius 1 is 1.60 bits per heavy atom. The van der Waals surface area contributed by atoms with Gasteiger partial charge in [0.2, 0.25) is 0 Å². The Bertz CT molecular complexity index is 312. The van der Waals surface area contributed by atoms with Crippen molar-refractivity contribution in [1.29, 1.82) is 0 Å². The summed E-state index contributed by atoms with van der Waals surface area (Å²) in [6, 6.07) is 0. The van der Waals surface area contributed by atoms with Gasteiger partial charge in [0.1, 0.15) is 12.2 Å². The van der Waals surface area contributed by atoms with E-state index < -0.39 is 0 Å². The maximum Gasteiger partial charge on any atom is 0.140 e. The predicted molar refractivity (Wildman–Crippen MR) is 62.9 cm³/mol. The second-order valence-electron chi connectivity index (χ2n) is 3.97. The number of hydrogen-bond acceptors (Lipinski definition) is 3. The number of aryl methyl sites for hydroxylation is 1. The molecule has 0 amide bonds. The first-order valence-electron chi connectivity index (χ1n) is 5.52. The zero-order valence-corrected chi connectivity index (χ0v) is 10.7. The van der Waals surface area contributed by atoms with Gasteiger partial charge >= 0.3 is 0 Å². The Labute approximate surface area is 98.8 Å². The normalized spacial score (nSPS) is 23.2. The third kappa shape index (κ3) is 2.78. The summed E-state index contributed by atoms with van der Waals surface area (Å²) in [5.41, 5.74) is 0. The number of rotatable bonds is 3. The Kier molecular flexibility index (Phi) is 3.75. The summed E-state index contributed by atoms with van der Waals surface area (Å²) in [7, 11) is 0. The highest BCUT2D eigenvalue weighted by Crippen LogP contribution is 2.18. The van der Waals surface area contributed by atoms with Crippen LogP contribution < -0.4 is 0 Å². The summed E-state index contributed by atoms with van der Waals surface area (Å²) in [6.07, 6.45) is 4.21. The smallest absolute Gasteiger partial charge is 0.140 e. The van der Waals surface area contributed by atoms with Gasteiger partial charge in [0.25, 0.3) is 0 Å². The highest BCUT2D eigenvalue weighted by molar-refractivity contribution is 9.09. The van der Waals surface area contributed by atoms with E-state index >= 15 is 0 Å². The summed E-state index contributed by atoms with van der Waals surface area (Å²) in [6.45, 7) is 6.23. The van der Waals surface area contributed by atoms with Gasteiger partial charge in [-0.2, -0.15) is 5.10 Å². The maximum absolute atomic E-state index is 4.30. The Balaban J connectivity index is 1.96. The molecule has 0 aromatic carbocycles. The van der Waals surface area contributed by atoms with Crippen molar-refractivity contribution in [3.05, 3.63) is 12.2 Å². The van der Waals surface area contributed by atoms with Gasteiger partial charge < -0.3 is 0 Å². The molecule has 2 heterocycles. The van der Waals surface area contributed by atoms with Crippen molar-refractivity contribution in [2.45, 2.75) is 37.7 Å². The minimum Gasteiger partial charge on any atom is -0.295 e. The van der Waals surface area contributed by atoms with Crippen LogP contribution in [0.4, 0.5) is 0 Å². The van der Waals surface area contributed by atoms with Gasteiger partial charge in [-0.1, -0.05) is 15.9 Å². The molecule has 1 aromatic rings. The number of halogens is 1. The Morgan fingerprint density at radius 3 is 3.20 bits per heavy atom. The van der Waals surface area contributed by atoms with Crippen molar-refractivity contribution >= 4 is 15.9 Å². The topological polar surface area (TPSA) is 34.0 Å². The quantitative estimate of drug-likeness (QED) is 0.785. The van der Waals surface area contributed by atoms with Gasteiger partial charge in [-0.25, -0.2) is 9.67 Å². The Hall–Kier alpha value is -0.420. The van der Waals surface area contributed by atoms with Crippen LogP contribution in [0.1, 0.15) is 25.6 Å². The van der Waals surface area contributed by atoms with Crippen LogP contribution in [0.15, 0.2) is 6.33 Å². The summed E-state index contributed by atoms with van der Waals surface area (Å²) in [5.74, 6) is 1.08. The van der Waals surface area contributed by atoms with Crippen LogP contribution in [0.5, 0.6) is 0 Å². The summed E-state index contributed by atoms with van der Waals surface area (Å²) in [5, 5.41) is 4.19. The van der Waals surface area contributed by atoms with Crippen molar-refractivity contribution in [1.82, 2.24) is 19.7 Å². The molecular formula is C10H17BrN4. The van der Waals surface area contributed by atoms with E-state index in [1.807, 2.05) is 4.68 Å². The number of piperidine rings is 1. The average Bonchev–Trinajstić information content (AvgIpc) is 2.65. The molecule has 0 N–H and O–H groups in total. The van der Waals surface area contributed by atoms with E-state index in [0.717, 1.165) is 25.5 Å². The molecule has 1 fully saturated rings. The van der Waals surface area contributed by atoms with E-state index in [0.29, 0.717) is 4.83 Å². The van der Waals surface area contributed by atoms with Crippen LogP contribution in [0, 0.1) is 0 Å². The number of hydrogen-bond donors (Lipinski definition) is 0. The van der Waals surface area contributed by atoms with Crippen molar-refractivity contribution < 1.29 is 0 Å². The number of alkyl halides is 1. The van der Waals surface area contributed by atoms with Crippen LogP contribution >= 0.6 is 15.9 Å². The van der Waals surface area contributed by atoms with E-state index in [2.05, 4.69) is 37.8 Å². The lowest BCUT2D eigenvalue weighted by atomic mass is 10.1. The van der Waals surface area contributed by atoms with Gasteiger partial charge in [0.05, 0.1) is 6.54 Å². The largest absolute Gasteiger partial charge is 0.295 e. The van der Waals surface area contributed by atoms with Gasteiger partial charge in [-0.3, -0.25) is 4.90 Å². The van der Waals surface area contributed by atoms with Gasteiger partial charge in [-0.05, 0) is 26.3 Å². The molecule has 15 heavy (non-hydrogen) atoms. The molecule has 1 saturated heterocycles. The lowest BCUT2D eigenvalue weighted by Gasteiger charge is -2.29. The third-order valence-corrected chi connectivity index (χ3v) is 3.56. The fraction of sp³-hybridized carbons (Fsp3) is 0.800. The molecule has 1 aliphatic rings. The molecule has 1 aromatic heterocycles. The van der Waals surface area contributed by atoms with Crippen LogP contribution in [0.3, 0.4) is 0 Å². The van der Waals surface area contributed by atoms with Crippen molar-refractivity contribution in [3.63, 3.8) is 0 Å². The lowest BCUT2D eigenvalue weighted by molar-refractivity contribution is 0.219. The minimum absolute atomic E-state index is 0.643. The van der Waals surface area contributed by atoms with Crippen molar-refractivity contribution in [2.24, 2.45) is 0 Å². The zero-order chi connectivity index (χ0) is 10.7. The highest BCUT2D eigenvalue weighted by atomic mass is 79.9. The van der Waals surface area contributed by atoms with Crippen LogP contribution in [0.2, 0.25) is 0 Å². The summed E-state index contributed by atoms with van der Waals surface area (Å²) >= 11 is 3.68. The number of likely N-dealkylation sites (tertiary alicyclic amines) is 1. The SMILES string of the molecule is CCn1ncnc1CN1CCCC(Br)C1. The Morgan fingerprint density at radius 2 is 2.47 bits per heavy atom. The molecule has 5 heteroatoms. The number of aromatic nitrogens is 3. The fourth-order valence-electron chi connectivity index (χ4n) is 2.02. The minimum atomic E-state index is 0.643. The molecule has 0 bridgehead atoms. The maximum atomic E-state index is 4.30. The van der Waals surface area contributed by atoms with E-state index in [1.165, 1.54) is 19.4 Å². The molecule has 1 atom stereocenters. The molecule has 0 aliphatic carbocycles. The molecule has 0 saturated carbocycles. The first-order valence-corrected chi connectivity index (χ1v) is 6.44. The van der Waals surface area contributed by atoms with Crippen LogP contribution in [0.25, 0.3) is 0 Å². The molecule has 2 rings (SSSR count). The molecule has 1 aliphatic heterocycles. The lowest BCUT2D eigenvalue weighted by Crippen LogP contribution is -2.36. The van der Waals surface area contributed by atoms with E-state index in [4.69, 9.17) is 0 Å². The third-order valence-electron chi connectivity index (χ3n) is 2.81. The van der Waals surface area contributed by atoms with Gasteiger partial charge in [0, 0.05) is 17.9 Å². The fourth-order valence-corrected chi connectivity index (χ4v) is 2.75. The van der Waals surface area contributed by atoms with E-state index in [1.54, 1.807) is 6.33 Å².